The van der Waals surface area contributed by atoms with Gasteiger partial charge in [-0.15, -0.1) is 0 Å². The van der Waals surface area contributed by atoms with E-state index >= 15 is 0 Å². The molecule has 0 bridgehead atoms. The Morgan fingerprint density at radius 3 is 2.51 bits per heavy atom. The molecule has 0 radical (unpaired) electrons. The molecular formula is C30H29FN6O4. The van der Waals surface area contributed by atoms with Crippen molar-refractivity contribution in [2.45, 2.75) is 45.6 Å². The smallest absolute Gasteiger partial charge is 0.330 e. The Balaban J connectivity index is 1.40. The van der Waals surface area contributed by atoms with Crippen LogP contribution in [-0.2, 0) is 13.0 Å². The van der Waals surface area contributed by atoms with Crippen molar-refractivity contribution in [3.63, 3.8) is 0 Å². The third-order valence-electron chi connectivity index (χ3n) is 7.74. The summed E-state index contributed by atoms with van der Waals surface area (Å²) in [5.74, 6) is 0.202. The molecule has 210 valence electrons. The summed E-state index contributed by atoms with van der Waals surface area (Å²) in [6, 6.07) is 13.8. The summed E-state index contributed by atoms with van der Waals surface area (Å²) in [6.07, 6.45) is 2.31. The number of aromatic amines is 2. The lowest BCUT2D eigenvalue weighted by Gasteiger charge is -2.20. The van der Waals surface area contributed by atoms with Gasteiger partial charge in [0, 0.05) is 25.2 Å². The zero-order valence-corrected chi connectivity index (χ0v) is 22.9. The molecule has 0 aliphatic heterocycles. The molecule has 3 heterocycles. The number of nitrogens with one attached hydrogen (secondary N) is 2. The molecule has 1 amide bonds. The van der Waals surface area contributed by atoms with Crippen molar-refractivity contribution in [1.29, 1.82) is 0 Å². The first kappa shape index (κ1) is 26.4. The summed E-state index contributed by atoms with van der Waals surface area (Å²) in [5.41, 5.74) is 2.31. The number of benzene rings is 2. The normalized spacial score (nSPS) is 14.0. The van der Waals surface area contributed by atoms with Gasteiger partial charge in [-0.25, -0.2) is 14.2 Å². The lowest BCUT2D eigenvalue weighted by Crippen LogP contribution is -2.30. The van der Waals surface area contributed by atoms with Crippen molar-refractivity contribution >= 4 is 22.8 Å². The molecule has 1 aliphatic rings. The third kappa shape index (κ3) is 4.99. The molecule has 10 nitrogen and oxygen atoms in total. The predicted molar refractivity (Wildman–Crippen MR) is 151 cm³/mol. The molecule has 1 unspecified atom stereocenters. The maximum absolute atomic E-state index is 14.8. The molecule has 0 saturated heterocycles. The summed E-state index contributed by atoms with van der Waals surface area (Å²) in [7, 11) is 1.67. The van der Waals surface area contributed by atoms with Gasteiger partial charge >= 0.3 is 5.69 Å². The fourth-order valence-electron chi connectivity index (χ4n) is 5.21. The highest BCUT2D eigenvalue weighted by Gasteiger charge is 2.27. The van der Waals surface area contributed by atoms with Gasteiger partial charge in [-0.05, 0) is 68.4 Å². The van der Waals surface area contributed by atoms with Crippen LogP contribution < -0.4 is 16.1 Å². The third-order valence-corrected chi connectivity index (χ3v) is 7.74. The van der Waals surface area contributed by atoms with Crippen LogP contribution in [0.1, 0.15) is 57.5 Å². The van der Waals surface area contributed by atoms with Crippen LogP contribution in [0.3, 0.4) is 0 Å². The first-order valence-corrected chi connectivity index (χ1v) is 13.5. The zero-order valence-electron chi connectivity index (χ0n) is 22.9. The van der Waals surface area contributed by atoms with Crippen LogP contribution in [0, 0.1) is 25.6 Å². The number of H-pyrrole nitrogens is 2. The van der Waals surface area contributed by atoms with Crippen LogP contribution >= 0.6 is 0 Å². The minimum atomic E-state index is -0.546. The molecule has 6 rings (SSSR count). The number of aromatic nitrogens is 5. The van der Waals surface area contributed by atoms with Crippen molar-refractivity contribution in [1.82, 2.24) is 24.7 Å². The molecule has 0 spiro atoms. The number of halogens is 1. The number of nitrogens with zero attached hydrogens (tertiary/aromatic N) is 4. The maximum atomic E-state index is 14.8. The minimum Gasteiger partial charge on any atom is -0.361 e. The summed E-state index contributed by atoms with van der Waals surface area (Å²) in [5, 5.41) is 3.88. The van der Waals surface area contributed by atoms with Crippen LogP contribution in [-0.4, -0.2) is 37.6 Å². The summed E-state index contributed by atoms with van der Waals surface area (Å²) < 4.78 is 21.5. The zero-order chi connectivity index (χ0) is 28.8. The van der Waals surface area contributed by atoms with E-state index in [1.807, 2.05) is 12.1 Å². The number of imidazole rings is 1. The van der Waals surface area contributed by atoms with Crippen LogP contribution in [0.15, 0.2) is 62.6 Å². The van der Waals surface area contributed by atoms with E-state index in [1.165, 1.54) is 15.5 Å². The van der Waals surface area contributed by atoms with Crippen molar-refractivity contribution in [3.8, 4) is 0 Å². The van der Waals surface area contributed by atoms with Gasteiger partial charge in [-0.3, -0.25) is 19.1 Å². The number of hydrogen-bond donors (Lipinski definition) is 2. The van der Waals surface area contributed by atoms with Gasteiger partial charge in [0.25, 0.3) is 11.5 Å². The largest absolute Gasteiger partial charge is 0.361 e. The summed E-state index contributed by atoms with van der Waals surface area (Å²) >= 11 is 0. The highest BCUT2D eigenvalue weighted by molar-refractivity contribution is 6.07. The van der Waals surface area contributed by atoms with Crippen LogP contribution in [0.25, 0.3) is 11.2 Å². The number of amides is 1. The Bertz CT molecular complexity index is 1860. The van der Waals surface area contributed by atoms with Gasteiger partial charge in [0.15, 0.2) is 5.65 Å². The first-order chi connectivity index (χ1) is 19.7. The minimum absolute atomic E-state index is 0.209. The van der Waals surface area contributed by atoms with Gasteiger partial charge in [0.1, 0.15) is 28.5 Å². The average molecular weight is 557 g/mol. The predicted octanol–water partition coefficient (Wildman–Crippen LogP) is 4.22. The van der Waals surface area contributed by atoms with Crippen molar-refractivity contribution in [2.75, 3.05) is 11.9 Å². The van der Waals surface area contributed by atoms with E-state index in [4.69, 9.17) is 9.51 Å². The van der Waals surface area contributed by atoms with Crippen molar-refractivity contribution in [3.05, 3.63) is 109 Å². The molecule has 1 aliphatic carbocycles. The fraction of sp³-hybridized carbons (Fsp3) is 0.300. The van der Waals surface area contributed by atoms with Crippen molar-refractivity contribution in [2.24, 2.45) is 5.92 Å². The standard InChI is InChI=1S/C30H29FN6O4/c1-16-24(17(2)41-35-16)29(39)36(3)21-12-10-19(11-13-21)22(14-20-6-4-5-7-23(20)31)26-32-25-27(33-26)37(15-18-8-9-18)30(40)34-28(25)38/h4-7,10-13,18,22H,8-9,14-15H2,1-3H3,(H,32,33)(H,34,38,40). The van der Waals surface area contributed by atoms with Gasteiger partial charge in [-0.2, -0.15) is 0 Å². The number of hydrogen-bond acceptors (Lipinski definition) is 6. The fourth-order valence-corrected chi connectivity index (χ4v) is 5.21. The number of carbonyl (C=O) groups is 1. The lowest BCUT2D eigenvalue weighted by atomic mass is 9.91. The second-order valence-corrected chi connectivity index (χ2v) is 10.6. The quantitative estimate of drug-likeness (QED) is 0.294. The molecule has 1 saturated carbocycles. The molecule has 1 atom stereocenters. The molecule has 3 aromatic heterocycles. The number of anilines is 1. The summed E-state index contributed by atoms with van der Waals surface area (Å²) in [4.78, 5) is 50.3. The van der Waals surface area contributed by atoms with Crippen LogP contribution in [0.4, 0.5) is 10.1 Å². The van der Waals surface area contributed by atoms with Gasteiger partial charge < -0.3 is 14.4 Å². The van der Waals surface area contributed by atoms with E-state index in [9.17, 15) is 18.8 Å². The van der Waals surface area contributed by atoms with E-state index in [2.05, 4.69) is 15.1 Å². The molecule has 11 heteroatoms. The van der Waals surface area contributed by atoms with Crippen molar-refractivity contribution < 1.29 is 13.7 Å². The second kappa shape index (κ2) is 10.3. The number of aryl methyl sites for hydroxylation is 2. The van der Waals surface area contributed by atoms with E-state index in [0.717, 1.165) is 18.4 Å². The van der Waals surface area contributed by atoms with Crippen LogP contribution in [0.5, 0.6) is 0 Å². The van der Waals surface area contributed by atoms with E-state index in [0.29, 0.717) is 52.2 Å². The highest BCUT2D eigenvalue weighted by Crippen LogP contribution is 2.32. The number of rotatable bonds is 8. The topological polar surface area (TPSA) is 130 Å². The Morgan fingerprint density at radius 1 is 1.12 bits per heavy atom. The van der Waals surface area contributed by atoms with Crippen LogP contribution in [0.2, 0.25) is 0 Å². The van der Waals surface area contributed by atoms with E-state index < -0.39 is 17.2 Å². The molecule has 5 aromatic rings. The Labute approximate surface area is 233 Å². The summed E-state index contributed by atoms with van der Waals surface area (Å²) in [6.45, 7) is 3.89. The average Bonchev–Trinajstić information content (AvgIpc) is 3.57. The van der Waals surface area contributed by atoms with Gasteiger partial charge in [0.05, 0.1) is 5.69 Å². The van der Waals surface area contributed by atoms with E-state index in [1.54, 1.807) is 51.2 Å². The maximum Gasteiger partial charge on any atom is 0.330 e. The SMILES string of the molecule is Cc1noc(C)c1C(=O)N(C)c1ccc(C(Cc2ccccc2F)c2nc3c([nH]2)c(=O)[nH]c(=O)n3CC2CC2)cc1. The Morgan fingerprint density at radius 2 is 1.85 bits per heavy atom. The molecule has 41 heavy (non-hydrogen) atoms. The van der Waals surface area contributed by atoms with Gasteiger partial charge in [0.2, 0.25) is 0 Å². The first-order valence-electron chi connectivity index (χ1n) is 13.5. The monoisotopic (exact) mass is 556 g/mol. The highest BCUT2D eigenvalue weighted by atomic mass is 19.1. The number of fused-ring (bicyclic) bond motifs is 1. The Kier molecular flexibility index (Phi) is 6.64. The Hall–Kier alpha value is -4.80. The van der Waals surface area contributed by atoms with Gasteiger partial charge in [-0.1, -0.05) is 35.5 Å². The molecule has 1 fully saturated rings. The van der Waals surface area contributed by atoms with E-state index in [-0.39, 0.29) is 23.7 Å². The molecule has 2 N–H and O–H groups in total. The number of carbonyl (C=O) groups excluding carboxylic acids is 1. The lowest BCUT2D eigenvalue weighted by molar-refractivity contribution is 0.0991. The second-order valence-electron chi connectivity index (χ2n) is 10.6. The molecule has 2 aromatic carbocycles. The molecular weight excluding hydrogens is 527 g/mol.